The third-order valence-electron chi connectivity index (χ3n) is 2.85. The maximum atomic E-state index is 11.7. The Morgan fingerprint density at radius 3 is 2.67 bits per heavy atom. The summed E-state index contributed by atoms with van der Waals surface area (Å²) < 4.78 is 0. The molecule has 96 valence electrons. The van der Waals surface area contributed by atoms with Crippen molar-refractivity contribution in [1.82, 2.24) is 10.2 Å². The van der Waals surface area contributed by atoms with Crippen LogP contribution in [0.4, 0.5) is 4.79 Å². The van der Waals surface area contributed by atoms with E-state index in [1.54, 1.807) is 11.3 Å². The number of hydrogen-bond donors (Lipinski definition) is 1. The van der Waals surface area contributed by atoms with E-state index in [0.717, 1.165) is 9.78 Å². The van der Waals surface area contributed by atoms with Crippen LogP contribution in [-0.4, -0.2) is 29.3 Å². The summed E-state index contributed by atoms with van der Waals surface area (Å²) in [6.07, 6.45) is -0.258. The molecule has 1 aliphatic rings. The first-order valence-corrected chi connectivity index (χ1v) is 6.46. The Labute approximate surface area is 109 Å². The Morgan fingerprint density at radius 2 is 2.11 bits per heavy atom. The van der Waals surface area contributed by atoms with Crippen molar-refractivity contribution in [2.45, 2.75) is 25.7 Å². The van der Waals surface area contributed by atoms with E-state index in [0.29, 0.717) is 0 Å². The van der Waals surface area contributed by atoms with Gasteiger partial charge in [0.25, 0.3) is 0 Å². The van der Waals surface area contributed by atoms with Gasteiger partial charge in [0.05, 0.1) is 0 Å². The van der Waals surface area contributed by atoms with Gasteiger partial charge in [-0.25, -0.2) is 4.79 Å². The summed E-state index contributed by atoms with van der Waals surface area (Å²) in [5.41, 5.74) is -0.318. The van der Waals surface area contributed by atoms with Crippen molar-refractivity contribution >= 4 is 29.2 Å². The Morgan fingerprint density at radius 1 is 1.39 bits per heavy atom. The van der Waals surface area contributed by atoms with E-state index >= 15 is 0 Å². The van der Waals surface area contributed by atoms with Crippen LogP contribution < -0.4 is 5.32 Å². The molecule has 1 saturated heterocycles. The first-order chi connectivity index (χ1) is 8.40. The first-order valence-electron chi connectivity index (χ1n) is 5.58. The molecule has 1 aromatic rings. The second kappa shape index (κ2) is 4.53. The van der Waals surface area contributed by atoms with Gasteiger partial charge in [-0.05, 0) is 11.4 Å². The van der Waals surface area contributed by atoms with Gasteiger partial charge >= 0.3 is 6.03 Å². The average Bonchev–Trinajstić information content (AvgIpc) is 2.77. The second-order valence-electron chi connectivity index (χ2n) is 4.87. The molecule has 0 aliphatic carbocycles. The van der Waals surface area contributed by atoms with Crippen molar-refractivity contribution in [2.75, 3.05) is 6.54 Å². The number of amides is 4. The Balaban J connectivity index is 2.16. The van der Waals surface area contributed by atoms with Crippen LogP contribution in [0.25, 0.3) is 0 Å². The van der Waals surface area contributed by atoms with Crippen LogP contribution in [0.1, 0.15) is 25.1 Å². The van der Waals surface area contributed by atoms with E-state index in [4.69, 9.17) is 0 Å². The molecule has 5 nitrogen and oxygen atoms in total. The fraction of sp³-hybridized carbons (Fsp3) is 0.417. The molecule has 2 rings (SSSR count). The third-order valence-corrected chi connectivity index (χ3v) is 4.08. The number of barbiturate groups is 1. The first kappa shape index (κ1) is 12.8. The normalized spacial score (nSPS) is 17.0. The molecule has 2 heterocycles. The maximum Gasteiger partial charge on any atom is 0.330 e. The van der Waals surface area contributed by atoms with Gasteiger partial charge in [-0.2, -0.15) is 0 Å². The van der Waals surface area contributed by atoms with Gasteiger partial charge in [0.1, 0.15) is 6.42 Å². The molecule has 0 atom stereocenters. The predicted octanol–water partition coefficient (Wildman–Crippen LogP) is 1.49. The Kier molecular flexibility index (Phi) is 3.21. The molecule has 1 aliphatic heterocycles. The molecule has 0 spiro atoms. The van der Waals surface area contributed by atoms with Crippen LogP contribution in [0.5, 0.6) is 0 Å². The van der Waals surface area contributed by atoms with Gasteiger partial charge in [-0.15, -0.1) is 11.3 Å². The van der Waals surface area contributed by atoms with E-state index in [1.807, 2.05) is 31.4 Å². The van der Waals surface area contributed by atoms with Gasteiger partial charge in [-0.1, -0.05) is 19.9 Å². The quantitative estimate of drug-likeness (QED) is 0.843. The maximum absolute atomic E-state index is 11.7. The number of nitrogens with one attached hydrogen (secondary N) is 1. The van der Waals surface area contributed by atoms with Crippen molar-refractivity contribution in [3.63, 3.8) is 0 Å². The van der Waals surface area contributed by atoms with Crippen LogP contribution in [-0.2, 0) is 15.0 Å². The lowest BCUT2D eigenvalue weighted by molar-refractivity contribution is -0.136. The molecule has 0 aromatic carbocycles. The summed E-state index contributed by atoms with van der Waals surface area (Å²) in [6.45, 7) is 4.21. The molecule has 18 heavy (non-hydrogen) atoms. The van der Waals surface area contributed by atoms with Crippen LogP contribution in [0, 0.1) is 0 Å². The van der Waals surface area contributed by atoms with E-state index in [1.165, 1.54) is 0 Å². The lowest BCUT2D eigenvalue weighted by Gasteiger charge is -2.32. The van der Waals surface area contributed by atoms with Gasteiger partial charge in [0, 0.05) is 16.8 Å². The van der Waals surface area contributed by atoms with Crippen molar-refractivity contribution < 1.29 is 14.4 Å². The molecule has 1 aromatic heterocycles. The Bertz CT molecular complexity index is 473. The van der Waals surface area contributed by atoms with Gasteiger partial charge in [0.15, 0.2) is 0 Å². The molecule has 1 fully saturated rings. The van der Waals surface area contributed by atoms with Crippen LogP contribution in [0.2, 0.25) is 0 Å². The van der Waals surface area contributed by atoms with E-state index in [9.17, 15) is 14.4 Å². The molecule has 0 bridgehead atoms. The SMILES string of the molecule is CC(C)(CN1C(=O)CC(=O)NC1=O)c1cccs1. The minimum Gasteiger partial charge on any atom is -0.277 e. The van der Waals surface area contributed by atoms with Gasteiger partial charge in [0.2, 0.25) is 11.8 Å². The van der Waals surface area contributed by atoms with Crippen LogP contribution >= 0.6 is 11.3 Å². The molecule has 4 amide bonds. The fourth-order valence-corrected chi connectivity index (χ4v) is 2.72. The van der Waals surface area contributed by atoms with Crippen molar-refractivity contribution in [1.29, 1.82) is 0 Å². The number of rotatable bonds is 3. The number of carbonyl (C=O) groups excluding carboxylic acids is 3. The molecular weight excluding hydrogens is 252 g/mol. The predicted molar refractivity (Wildman–Crippen MR) is 67.2 cm³/mol. The monoisotopic (exact) mass is 266 g/mol. The summed E-state index contributed by atoms with van der Waals surface area (Å²) in [6, 6.07) is 3.28. The molecular formula is C12H14N2O3S. The highest BCUT2D eigenvalue weighted by molar-refractivity contribution is 7.10. The average molecular weight is 266 g/mol. The van der Waals surface area contributed by atoms with Crippen molar-refractivity contribution in [2.24, 2.45) is 0 Å². The minimum atomic E-state index is -0.624. The number of imide groups is 2. The highest BCUT2D eigenvalue weighted by Gasteiger charge is 2.35. The number of carbonyl (C=O) groups is 3. The largest absolute Gasteiger partial charge is 0.330 e. The zero-order chi connectivity index (χ0) is 13.3. The highest BCUT2D eigenvalue weighted by atomic mass is 32.1. The Hall–Kier alpha value is -1.69. The molecule has 1 N–H and O–H groups in total. The van der Waals surface area contributed by atoms with Crippen LogP contribution in [0.15, 0.2) is 17.5 Å². The van der Waals surface area contributed by atoms with Crippen molar-refractivity contribution in [3.8, 4) is 0 Å². The standard InChI is InChI=1S/C12H14N2O3S/c1-12(2,8-4-3-5-18-8)7-14-10(16)6-9(15)13-11(14)17/h3-5H,6-7H2,1-2H3,(H,13,15,17). The third kappa shape index (κ3) is 2.43. The van der Waals surface area contributed by atoms with Gasteiger partial charge in [-0.3, -0.25) is 19.8 Å². The van der Waals surface area contributed by atoms with E-state index in [2.05, 4.69) is 5.32 Å². The number of hydrogen-bond acceptors (Lipinski definition) is 4. The van der Waals surface area contributed by atoms with E-state index in [-0.39, 0.29) is 18.4 Å². The topological polar surface area (TPSA) is 66.5 Å². The molecule has 0 saturated carbocycles. The van der Waals surface area contributed by atoms with Crippen LogP contribution in [0.3, 0.4) is 0 Å². The number of thiophene rings is 1. The zero-order valence-corrected chi connectivity index (χ0v) is 11.0. The zero-order valence-electron chi connectivity index (χ0n) is 10.2. The summed E-state index contributed by atoms with van der Waals surface area (Å²) in [5, 5.41) is 4.12. The lowest BCUT2D eigenvalue weighted by atomic mass is 9.90. The summed E-state index contributed by atoms with van der Waals surface area (Å²) in [7, 11) is 0. The summed E-state index contributed by atoms with van der Waals surface area (Å²) in [4.78, 5) is 36.6. The molecule has 0 radical (unpaired) electrons. The highest BCUT2D eigenvalue weighted by Crippen LogP contribution is 2.29. The minimum absolute atomic E-state index is 0.258. The second-order valence-corrected chi connectivity index (χ2v) is 5.82. The summed E-state index contributed by atoms with van der Waals surface area (Å²) >= 11 is 1.58. The molecule has 0 unspecified atom stereocenters. The van der Waals surface area contributed by atoms with E-state index < -0.39 is 17.8 Å². The number of urea groups is 1. The summed E-state index contributed by atoms with van der Waals surface area (Å²) in [5.74, 6) is -0.969. The van der Waals surface area contributed by atoms with Crippen molar-refractivity contribution in [3.05, 3.63) is 22.4 Å². The number of nitrogens with zero attached hydrogens (tertiary/aromatic N) is 1. The lowest BCUT2D eigenvalue weighted by Crippen LogP contribution is -2.55. The smallest absolute Gasteiger partial charge is 0.277 e. The fourth-order valence-electron chi connectivity index (χ4n) is 1.87. The molecule has 6 heteroatoms. The van der Waals surface area contributed by atoms with Gasteiger partial charge < -0.3 is 0 Å².